The number of halogens is 2. The average Bonchev–Trinajstić information content (AvgIpc) is 3.10. The van der Waals surface area contributed by atoms with Crippen molar-refractivity contribution in [3.05, 3.63) is 33.8 Å². The minimum Gasteiger partial charge on any atom is -0.480 e. The maximum absolute atomic E-state index is 12.0. The molecule has 0 spiro atoms. The number of hydrogen-bond acceptors (Lipinski definition) is 3. The quantitative estimate of drug-likeness (QED) is 0.777. The Balaban J connectivity index is 1.93. The highest BCUT2D eigenvalue weighted by Crippen LogP contribution is 2.47. The van der Waals surface area contributed by atoms with Gasteiger partial charge < -0.3 is 9.84 Å². The van der Waals surface area contributed by atoms with E-state index in [1.807, 2.05) is 0 Å². The van der Waals surface area contributed by atoms with Crippen molar-refractivity contribution in [2.24, 2.45) is 11.8 Å². The minimum atomic E-state index is -1.09. The van der Waals surface area contributed by atoms with Gasteiger partial charge in [0.25, 0.3) is 0 Å². The van der Waals surface area contributed by atoms with Crippen molar-refractivity contribution in [1.82, 2.24) is 0 Å². The maximum Gasteiger partial charge on any atom is 0.341 e. The largest absolute Gasteiger partial charge is 0.480 e. The number of carboxylic acid groups (broad SMARTS) is 1. The first kappa shape index (κ1) is 18.3. The summed E-state index contributed by atoms with van der Waals surface area (Å²) < 4.78 is 5.17. The fraction of sp³-hybridized carbons (Fsp3) is 0.474. The number of ether oxygens (including phenoxy) is 1. The van der Waals surface area contributed by atoms with Crippen LogP contribution in [-0.2, 0) is 9.59 Å². The molecule has 0 heterocycles. The van der Waals surface area contributed by atoms with Gasteiger partial charge in [0.05, 0.1) is 5.02 Å². The third kappa shape index (κ3) is 4.01. The Morgan fingerprint density at radius 3 is 2.56 bits per heavy atom. The highest BCUT2D eigenvalue weighted by atomic mass is 35.5. The summed E-state index contributed by atoms with van der Waals surface area (Å²) in [6.45, 7) is -0.485. The van der Waals surface area contributed by atoms with E-state index in [2.05, 4.69) is 0 Å². The maximum atomic E-state index is 12.0. The number of rotatable bonds is 5. The van der Waals surface area contributed by atoms with E-state index in [1.165, 1.54) is 25.7 Å². The molecule has 1 saturated carbocycles. The molecule has 6 heteroatoms. The molecule has 1 N–H and O–H groups in total. The second-order valence-corrected chi connectivity index (χ2v) is 7.43. The summed E-state index contributed by atoms with van der Waals surface area (Å²) in [5, 5.41) is 9.23. The Labute approximate surface area is 156 Å². The van der Waals surface area contributed by atoms with Gasteiger partial charge in [0.15, 0.2) is 12.4 Å². The fourth-order valence-corrected chi connectivity index (χ4v) is 4.42. The van der Waals surface area contributed by atoms with Gasteiger partial charge in [-0.25, -0.2) is 4.79 Å². The Kier molecular flexibility index (Phi) is 5.70. The molecule has 1 fully saturated rings. The molecule has 0 aliphatic heterocycles. The Hall–Kier alpha value is -1.52. The van der Waals surface area contributed by atoms with Crippen LogP contribution < -0.4 is 4.74 Å². The van der Waals surface area contributed by atoms with Crippen LogP contribution in [0.2, 0.25) is 10.0 Å². The summed E-state index contributed by atoms with van der Waals surface area (Å²) in [7, 11) is 0. The summed E-state index contributed by atoms with van der Waals surface area (Å²) in [6.07, 6.45) is 7.97. The molecule has 2 aliphatic rings. The second kappa shape index (κ2) is 7.79. The first-order valence-corrected chi connectivity index (χ1v) is 9.30. The molecule has 0 bridgehead atoms. The summed E-state index contributed by atoms with van der Waals surface area (Å²) in [6, 6.07) is 3.40. The second-order valence-electron chi connectivity index (χ2n) is 6.68. The number of allylic oxidation sites excluding steroid dienone is 2. The molecule has 0 saturated heterocycles. The molecular formula is C19H20Cl2O4. The molecule has 1 aromatic carbocycles. The number of carbonyl (C=O) groups excluding carboxylic acids is 1. The number of ketones is 1. The van der Waals surface area contributed by atoms with E-state index in [0.29, 0.717) is 23.3 Å². The topological polar surface area (TPSA) is 63.6 Å². The summed E-state index contributed by atoms with van der Waals surface area (Å²) in [5.74, 6) is 0.162. The van der Waals surface area contributed by atoms with Gasteiger partial charge in [-0.05, 0) is 60.4 Å². The molecule has 0 radical (unpaired) electrons. The van der Waals surface area contributed by atoms with Crippen molar-refractivity contribution in [3.63, 3.8) is 0 Å². The predicted octanol–water partition coefficient (Wildman–Crippen LogP) is 5.01. The number of hydrogen-bond donors (Lipinski definition) is 1. The first-order chi connectivity index (χ1) is 12.0. The molecule has 2 aliphatic carbocycles. The van der Waals surface area contributed by atoms with E-state index in [1.54, 1.807) is 18.2 Å². The molecule has 1 unspecified atom stereocenters. The van der Waals surface area contributed by atoms with Crippen LogP contribution in [0.1, 0.15) is 44.1 Å². The third-order valence-corrected chi connectivity index (χ3v) is 5.96. The molecule has 1 aromatic rings. The van der Waals surface area contributed by atoms with Gasteiger partial charge in [-0.1, -0.05) is 36.0 Å². The standard InChI is InChI=1S/C19H20Cl2O4/c20-18-14(7-8-16(19(18)21)25-10-17(23)24)15-9-12(22)5-6-13(15)11-3-1-2-4-11/h7-9,11,13H,1-6,10H2,(H,23,24). The normalized spacial score (nSPS) is 21.3. The molecule has 0 aromatic heterocycles. The van der Waals surface area contributed by atoms with E-state index in [4.69, 9.17) is 33.0 Å². The average molecular weight is 383 g/mol. The van der Waals surface area contributed by atoms with Crippen LogP contribution in [0.5, 0.6) is 5.75 Å². The van der Waals surface area contributed by atoms with Gasteiger partial charge in [-0.2, -0.15) is 0 Å². The van der Waals surface area contributed by atoms with Crippen LogP contribution in [0.25, 0.3) is 5.57 Å². The zero-order valence-corrected chi connectivity index (χ0v) is 15.3. The molecule has 1 atom stereocenters. The third-order valence-electron chi connectivity index (χ3n) is 5.10. The Morgan fingerprint density at radius 1 is 1.16 bits per heavy atom. The molecule has 4 nitrogen and oxygen atoms in total. The van der Waals surface area contributed by atoms with Crippen molar-refractivity contribution in [2.75, 3.05) is 6.61 Å². The lowest BCUT2D eigenvalue weighted by molar-refractivity contribution is -0.139. The van der Waals surface area contributed by atoms with E-state index in [9.17, 15) is 9.59 Å². The van der Waals surface area contributed by atoms with Crippen LogP contribution in [0.3, 0.4) is 0 Å². The molecule has 0 amide bonds. The highest BCUT2D eigenvalue weighted by Gasteiger charge is 2.32. The first-order valence-electron chi connectivity index (χ1n) is 8.54. The number of carboxylic acids is 1. The summed E-state index contributed by atoms with van der Waals surface area (Å²) in [4.78, 5) is 22.7. The van der Waals surface area contributed by atoms with Crippen molar-refractivity contribution >= 4 is 40.5 Å². The van der Waals surface area contributed by atoms with Crippen LogP contribution in [0.15, 0.2) is 18.2 Å². The fourth-order valence-electron chi connectivity index (χ4n) is 3.94. The number of carbonyl (C=O) groups is 2. The van der Waals surface area contributed by atoms with E-state index < -0.39 is 12.6 Å². The lowest BCUT2D eigenvalue weighted by atomic mass is 9.75. The van der Waals surface area contributed by atoms with E-state index >= 15 is 0 Å². The van der Waals surface area contributed by atoms with Gasteiger partial charge in [0.2, 0.25) is 0 Å². The molecule has 3 rings (SSSR count). The monoisotopic (exact) mass is 382 g/mol. The minimum absolute atomic E-state index is 0.114. The van der Waals surface area contributed by atoms with Gasteiger partial charge in [0, 0.05) is 6.42 Å². The van der Waals surface area contributed by atoms with Gasteiger partial charge >= 0.3 is 5.97 Å². The van der Waals surface area contributed by atoms with Crippen molar-refractivity contribution < 1.29 is 19.4 Å². The number of benzene rings is 1. The zero-order valence-electron chi connectivity index (χ0n) is 13.8. The van der Waals surface area contributed by atoms with E-state index in [0.717, 1.165) is 17.6 Å². The van der Waals surface area contributed by atoms with Gasteiger partial charge in [-0.15, -0.1) is 0 Å². The molecular weight excluding hydrogens is 363 g/mol. The smallest absolute Gasteiger partial charge is 0.341 e. The highest BCUT2D eigenvalue weighted by molar-refractivity contribution is 6.44. The van der Waals surface area contributed by atoms with Crippen LogP contribution in [0.4, 0.5) is 0 Å². The van der Waals surface area contributed by atoms with Crippen LogP contribution >= 0.6 is 23.2 Å². The SMILES string of the molecule is O=C(O)COc1ccc(C2=CC(=O)CCC2C2CCCC2)c(Cl)c1Cl. The summed E-state index contributed by atoms with van der Waals surface area (Å²) >= 11 is 12.7. The van der Waals surface area contributed by atoms with Gasteiger partial charge in [-0.3, -0.25) is 4.79 Å². The lowest BCUT2D eigenvalue weighted by Crippen LogP contribution is -2.20. The molecule has 134 valence electrons. The Bertz CT molecular complexity index is 720. The van der Waals surface area contributed by atoms with E-state index in [-0.39, 0.29) is 16.6 Å². The number of aliphatic carboxylic acids is 1. The Morgan fingerprint density at radius 2 is 1.88 bits per heavy atom. The van der Waals surface area contributed by atoms with Crippen molar-refractivity contribution in [2.45, 2.75) is 38.5 Å². The summed E-state index contributed by atoms with van der Waals surface area (Å²) in [5.41, 5.74) is 1.71. The van der Waals surface area contributed by atoms with Gasteiger partial charge in [0.1, 0.15) is 10.8 Å². The zero-order chi connectivity index (χ0) is 18.0. The molecule has 25 heavy (non-hydrogen) atoms. The lowest BCUT2D eigenvalue weighted by Gasteiger charge is -2.30. The van der Waals surface area contributed by atoms with Crippen molar-refractivity contribution in [1.29, 1.82) is 0 Å². The van der Waals surface area contributed by atoms with Crippen LogP contribution in [0, 0.1) is 11.8 Å². The predicted molar refractivity (Wildman–Crippen MR) is 97.3 cm³/mol. The van der Waals surface area contributed by atoms with Crippen LogP contribution in [-0.4, -0.2) is 23.5 Å². The van der Waals surface area contributed by atoms with Crippen molar-refractivity contribution in [3.8, 4) is 5.75 Å².